The third-order valence-corrected chi connectivity index (χ3v) is 4.13. The van der Waals surface area contributed by atoms with Crippen molar-refractivity contribution < 1.29 is 0 Å². The highest BCUT2D eigenvalue weighted by Gasteiger charge is 2.24. The highest BCUT2D eigenvalue weighted by Crippen LogP contribution is 2.29. The fourth-order valence-corrected chi connectivity index (χ4v) is 2.96. The van der Waals surface area contributed by atoms with Crippen LogP contribution in [0.25, 0.3) is 0 Å². The van der Waals surface area contributed by atoms with Crippen LogP contribution in [0.15, 0.2) is 60.7 Å². The van der Waals surface area contributed by atoms with E-state index in [-0.39, 0.29) is 24.8 Å². The minimum Gasteiger partial charge on any atom is -0.304 e. The van der Waals surface area contributed by atoms with E-state index in [9.17, 15) is 0 Å². The topological polar surface area (TPSA) is 6.48 Å². The molecule has 2 aromatic carbocycles. The zero-order valence-corrected chi connectivity index (χ0v) is 14.5. The van der Waals surface area contributed by atoms with Crippen LogP contribution in [0.3, 0.4) is 0 Å². The number of rotatable bonds is 3. The maximum atomic E-state index is 2.60. The van der Waals surface area contributed by atoms with Crippen LogP contribution in [0.2, 0.25) is 0 Å². The second-order valence-electron chi connectivity index (χ2n) is 5.56. The van der Waals surface area contributed by atoms with E-state index in [0.717, 1.165) is 26.2 Å². The number of hydrogen-bond acceptors (Lipinski definition) is 2. The summed E-state index contributed by atoms with van der Waals surface area (Å²) in [5.74, 6) is 0. The zero-order chi connectivity index (χ0) is 13.8. The van der Waals surface area contributed by atoms with E-state index < -0.39 is 0 Å². The van der Waals surface area contributed by atoms with E-state index in [1.807, 2.05) is 0 Å². The van der Waals surface area contributed by atoms with Gasteiger partial charge in [0, 0.05) is 26.2 Å². The second-order valence-corrected chi connectivity index (χ2v) is 5.56. The molecule has 0 atom stereocenters. The van der Waals surface area contributed by atoms with Gasteiger partial charge < -0.3 is 4.90 Å². The van der Waals surface area contributed by atoms with Gasteiger partial charge >= 0.3 is 0 Å². The molecule has 0 N–H and O–H groups in total. The molecule has 3 rings (SSSR count). The Kier molecular flexibility index (Phi) is 7.91. The first kappa shape index (κ1) is 19.0. The number of benzene rings is 2. The minimum atomic E-state index is 0. The molecule has 1 fully saturated rings. The predicted octanol–water partition coefficient (Wildman–Crippen LogP) is 3.87. The van der Waals surface area contributed by atoms with E-state index in [1.165, 1.54) is 11.1 Å². The van der Waals surface area contributed by atoms with E-state index in [0.29, 0.717) is 6.04 Å². The second kappa shape index (κ2) is 9.16. The van der Waals surface area contributed by atoms with Crippen LogP contribution >= 0.6 is 24.8 Å². The first-order chi connectivity index (χ1) is 9.84. The Morgan fingerprint density at radius 1 is 0.682 bits per heavy atom. The van der Waals surface area contributed by atoms with Crippen LogP contribution in [-0.2, 0) is 0 Å². The van der Waals surface area contributed by atoms with Crippen molar-refractivity contribution in [1.29, 1.82) is 0 Å². The Morgan fingerprint density at radius 3 is 1.50 bits per heavy atom. The van der Waals surface area contributed by atoms with Gasteiger partial charge in [-0.3, -0.25) is 4.90 Å². The van der Waals surface area contributed by atoms with Crippen LogP contribution < -0.4 is 0 Å². The van der Waals surface area contributed by atoms with Gasteiger partial charge in [-0.1, -0.05) is 60.7 Å². The SMILES string of the molecule is CN1CCN(C(c2ccccc2)c2ccccc2)CC1.Cl.Cl. The van der Waals surface area contributed by atoms with Gasteiger partial charge in [-0.05, 0) is 18.2 Å². The lowest BCUT2D eigenvalue weighted by Crippen LogP contribution is -2.46. The van der Waals surface area contributed by atoms with Crippen LogP contribution in [-0.4, -0.2) is 43.0 Å². The van der Waals surface area contributed by atoms with E-state index in [4.69, 9.17) is 0 Å². The molecule has 1 aliphatic rings. The quantitative estimate of drug-likeness (QED) is 0.838. The van der Waals surface area contributed by atoms with Gasteiger partial charge in [0.1, 0.15) is 0 Å². The van der Waals surface area contributed by atoms with Gasteiger partial charge in [0.25, 0.3) is 0 Å². The van der Waals surface area contributed by atoms with Crippen molar-refractivity contribution in [3.8, 4) is 0 Å². The molecule has 2 nitrogen and oxygen atoms in total. The molecule has 0 aliphatic carbocycles. The highest BCUT2D eigenvalue weighted by molar-refractivity contribution is 5.85. The van der Waals surface area contributed by atoms with Crippen LogP contribution in [0, 0.1) is 0 Å². The summed E-state index contributed by atoms with van der Waals surface area (Å²) in [7, 11) is 2.21. The van der Waals surface area contributed by atoms with Gasteiger partial charge in [-0.25, -0.2) is 0 Å². The predicted molar refractivity (Wildman–Crippen MR) is 98.3 cm³/mol. The molecule has 120 valence electrons. The summed E-state index contributed by atoms with van der Waals surface area (Å²) in [5.41, 5.74) is 2.78. The average molecular weight is 339 g/mol. The Morgan fingerprint density at radius 2 is 1.09 bits per heavy atom. The van der Waals surface area contributed by atoms with E-state index >= 15 is 0 Å². The minimum absolute atomic E-state index is 0. The lowest BCUT2D eigenvalue weighted by Gasteiger charge is -2.38. The van der Waals surface area contributed by atoms with Gasteiger partial charge in [0.2, 0.25) is 0 Å². The Hall–Kier alpha value is -1.06. The van der Waals surface area contributed by atoms with Crippen LogP contribution in [0.5, 0.6) is 0 Å². The molecule has 2 aromatic rings. The molecule has 0 spiro atoms. The van der Waals surface area contributed by atoms with Crippen molar-refractivity contribution >= 4 is 24.8 Å². The number of hydrogen-bond donors (Lipinski definition) is 0. The molecule has 0 bridgehead atoms. The van der Waals surface area contributed by atoms with Crippen molar-refractivity contribution in [3.05, 3.63) is 71.8 Å². The molecule has 0 unspecified atom stereocenters. The fraction of sp³-hybridized carbons (Fsp3) is 0.333. The molecule has 0 aromatic heterocycles. The average Bonchev–Trinajstić information content (AvgIpc) is 2.52. The number of halogens is 2. The Labute approximate surface area is 145 Å². The first-order valence-electron chi connectivity index (χ1n) is 7.37. The van der Waals surface area contributed by atoms with E-state index in [2.05, 4.69) is 77.5 Å². The van der Waals surface area contributed by atoms with Crippen molar-refractivity contribution in [2.24, 2.45) is 0 Å². The molecule has 22 heavy (non-hydrogen) atoms. The summed E-state index contributed by atoms with van der Waals surface area (Å²) in [6, 6.07) is 22.1. The van der Waals surface area contributed by atoms with Crippen LogP contribution in [0.4, 0.5) is 0 Å². The van der Waals surface area contributed by atoms with Crippen molar-refractivity contribution in [2.45, 2.75) is 6.04 Å². The molecule has 0 radical (unpaired) electrons. The molecule has 0 amide bonds. The van der Waals surface area contributed by atoms with Crippen LogP contribution in [0.1, 0.15) is 17.2 Å². The monoisotopic (exact) mass is 338 g/mol. The van der Waals surface area contributed by atoms with Gasteiger partial charge in [0.15, 0.2) is 0 Å². The summed E-state index contributed by atoms with van der Waals surface area (Å²) >= 11 is 0. The maximum Gasteiger partial charge on any atom is 0.0602 e. The third kappa shape index (κ3) is 4.47. The molecule has 4 heteroatoms. The summed E-state index contributed by atoms with van der Waals surface area (Å²) in [5, 5.41) is 0. The number of nitrogens with zero attached hydrogens (tertiary/aromatic N) is 2. The normalized spacial score (nSPS) is 15.9. The van der Waals surface area contributed by atoms with Gasteiger partial charge in [-0.15, -0.1) is 24.8 Å². The first-order valence-corrected chi connectivity index (χ1v) is 7.37. The largest absolute Gasteiger partial charge is 0.304 e. The zero-order valence-electron chi connectivity index (χ0n) is 12.9. The maximum absolute atomic E-state index is 2.60. The summed E-state index contributed by atoms with van der Waals surface area (Å²) < 4.78 is 0. The lowest BCUT2D eigenvalue weighted by molar-refractivity contribution is 0.127. The summed E-state index contributed by atoms with van der Waals surface area (Å²) in [4.78, 5) is 5.01. The standard InChI is InChI=1S/C18H22N2.2ClH/c1-19-12-14-20(15-13-19)18(16-8-4-2-5-9-16)17-10-6-3-7-11-17;;/h2-11,18H,12-15H2,1H3;2*1H. The third-order valence-electron chi connectivity index (χ3n) is 4.13. The highest BCUT2D eigenvalue weighted by atomic mass is 35.5. The Bertz CT molecular complexity index is 486. The lowest BCUT2D eigenvalue weighted by atomic mass is 9.96. The van der Waals surface area contributed by atoms with Crippen molar-refractivity contribution in [3.63, 3.8) is 0 Å². The fourth-order valence-electron chi connectivity index (χ4n) is 2.96. The summed E-state index contributed by atoms with van der Waals surface area (Å²) in [6.07, 6.45) is 0. The van der Waals surface area contributed by atoms with Crippen molar-refractivity contribution in [1.82, 2.24) is 9.80 Å². The number of piperazine rings is 1. The molecular formula is C18H24Cl2N2. The van der Waals surface area contributed by atoms with Gasteiger partial charge in [-0.2, -0.15) is 0 Å². The molecule has 1 saturated heterocycles. The number of likely N-dealkylation sites (N-methyl/N-ethyl adjacent to an activating group) is 1. The Balaban J connectivity index is 0.00000121. The smallest absolute Gasteiger partial charge is 0.0602 e. The molecule has 1 aliphatic heterocycles. The molecule has 1 heterocycles. The summed E-state index contributed by atoms with van der Waals surface area (Å²) in [6.45, 7) is 4.56. The molecule has 0 saturated carbocycles. The van der Waals surface area contributed by atoms with E-state index in [1.54, 1.807) is 0 Å². The molecular weight excluding hydrogens is 315 g/mol. The van der Waals surface area contributed by atoms with Crippen molar-refractivity contribution in [2.75, 3.05) is 33.2 Å². The van der Waals surface area contributed by atoms with Gasteiger partial charge in [0.05, 0.1) is 6.04 Å².